The van der Waals surface area contributed by atoms with Gasteiger partial charge in [-0.25, -0.2) is 13.1 Å². The number of nitrogens with zero attached hydrogens (tertiary/aromatic N) is 2. The molecule has 2 aromatic rings. The molecule has 3 heterocycles. The zero-order valence-electron chi connectivity index (χ0n) is 16.3. The van der Waals surface area contributed by atoms with Crippen molar-refractivity contribution in [2.24, 2.45) is 0 Å². The van der Waals surface area contributed by atoms with E-state index in [1.165, 1.54) is 22.6 Å². The summed E-state index contributed by atoms with van der Waals surface area (Å²) in [7, 11) is -3.97. The van der Waals surface area contributed by atoms with E-state index in [9.17, 15) is 13.2 Å². The van der Waals surface area contributed by atoms with E-state index >= 15 is 0 Å². The maximum absolute atomic E-state index is 12.6. The molecular weight excluding hydrogens is 465 g/mol. The Morgan fingerprint density at radius 2 is 1.83 bits per heavy atom. The third-order valence-corrected chi connectivity index (χ3v) is 9.15. The van der Waals surface area contributed by atoms with Gasteiger partial charge in [-0.15, -0.1) is 11.3 Å². The van der Waals surface area contributed by atoms with E-state index in [1.54, 1.807) is 11.0 Å². The highest BCUT2D eigenvalue weighted by molar-refractivity contribution is 7.89. The topological polar surface area (TPSA) is 69.7 Å². The maximum Gasteiger partial charge on any atom is 0.244 e. The summed E-state index contributed by atoms with van der Waals surface area (Å²) in [6.45, 7) is 2.99. The van der Waals surface area contributed by atoms with Crippen LogP contribution in [0.1, 0.15) is 23.3 Å². The minimum Gasteiger partial charge on any atom is -0.341 e. The Morgan fingerprint density at radius 1 is 1.13 bits per heavy atom. The number of nitrogens with one attached hydrogen (secondary N) is 1. The highest BCUT2D eigenvalue weighted by Gasteiger charge is 2.30. The smallest absolute Gasteiger partial charge is 0.244 e. The third kappa shape index (κ3) is 4.69. The van der Waals surface area contributed by atoms with Gasteiger partial charge in [-0.1, -0.05) is 29.3 Å². The van der Waals surface area contributed by atoms with Gasteiger partial charge in [0.25, 0.3) is 0 Å². The van der Waals surface area contributed by atoms with Gasteiger partial charge in [0.2, 0.25) is 15.9 Å². The Balaban J connectivity index is 1.30. The highest BCUT2D eigenvalue weighted by atomic mass is 35.5. The van der Waals surface area contributed by atoms with Crippen molar-refractivity contribution in [2.45, 2.75) is 36.7 Å². The molecule has 2 aliphatic rings. The fourth-order valence-corrected chi connectivity index (χ4v) is 7.15. The molecule has 162 valence electrons. The first-order valence-electron chi connectivity index (χ1n) is 9.86. The quantitative estimate of drug-likeness (QED) is 0.701. The average Bonchev–Trinajstić information content (AvgIpc) is 3.20. The molecule has 0 unspecified atom stereocenters. The van der Waals surface area contributed by atoms with Gasteiger partial charge in [0, 0.05) is 37.1 Å². The summed E-state index contributed by atoms with van der Waals surface area (Å²) < 4.78 is 27.4. The second-order valence-electron chi connectivity index (χ2n) is 7.58. The van der Waals surface area contributed by atoms with Crippen molar-refractivity contribution in [3.05, 3.63) is 50.1 Å². The van der Waals surface area contributed by atoms with Crippen molar-refractivity contribution in [1.29, 1.82) is 0 Å². The number of sulfonamides is 1. The number of halogens is 2. The first kappa shape index (κ1) is 22.0. The van der Waals surface area contributed by atoms with Gasteiger partial charge in [0.1, 0.15) is 4.90 Å². The normalized spacial score (nSPS) is 18.4. The van der Waals surface area contributed by atoms with Crippen LogP contribution in [0, 0.1) is 0 Å². The first-order chi connectivity index (χ1) is 14.3. The Morgan fingerprint density at radius 3 is 2.53 bits per heavy atom. The molecule has 0 bridgehead atoms. The van der Waals surface area contributed by atoms with E-state index in [4.69, 9.17) is 23.2 Å². The maximum atomic E-state index is 12.6. The van der Waals surface area contributed by atoms with Crippen LogP contribution in [0.25, 0.3) is 0 Å². The van der Waals surface area contributed by atoms with Gasteiger partial charge >= 0.3 is 0 Å². The summed E-state index contributed by atoms with van der Waals surface area (Å²) in [4.78, 5) is 18.1. The number of thiophene rings is 1. The summed E-state index contributed by atoms with van der Waals surface area (Å²) in [6, 6.07) is 7.14. The van der Waals surface area contributed by atoms with Crippen molar-refractivity contribution in [3.8, 4) is 0 Å². The van der Waals surface area contributed by atoms with Gasteiger partial charge in [-0.2, -0.15) is 0 Å². The minimum atomic E-state index is -3.97. The van der Waals surface area contributed by atoms with Crippen LogP contribution in [0.4, 0.5) is 0 Å². The lowest BCUT2D eigenvalue weighted by atomic mass is 9.99. The number of likely N-dealkylation sites (tertiary alicyclic amines) is 1. The largest absolute Gasteiger partial charge is 0.341 e. The number of hydrogen-bond acceptors (Lipinski definition) is 5. The molecule has 1 aromatic heterocycles. The third-order valence-electron chi connectivity index (χ3n) is 5.77. The Hall–Kier alpha value is -1.16. The molecule has 1 aromatic carbocycles. The van der Waals surface area contributed by atoms with Crippen molar-refractivity contribution in [1.82, 2.24) is 14.5 Å². The number of rotatable bonds is 5. The number of carbonyl (C=O) groups is 1. The molecule has 1 saturated heterocycles. The molecule has 0 radical (unpaired) electrons. The molecule has 2 aliphatic heterocycles. The van der Waals surface area contributed by atoms with Crippen LogP contribution in [0.15, 0.2) is 34.5 Å². The van der Waals surface area contributed by atoms with Gasteiger partial charge in [0.15, 0.2) is 0 Å². The molecule has 0 atom stereocenters. The molecular formula is C20H23Cl2N3O3S2. The van der Waals surface area contributed by atoms with Crippen molar-refractivity contribution >= 4 is 50.5 Å². The summed E-state index contributed by atoms with van der Waals surface area (Å²) in [5.74, 6) is -0.237. The van der Waals surface area contributed by atoms with Crippen molar-refractivity contribution in [3.63, 3.8) is 0 Å². The second-order valence-corrected chi connectivity index (χ2v) is 11.1. The van der Waals surface area contributed by atoms with E-state index < -0.39 is 10.0 Å². The summed E-state index contributed by atoms with van der Waals surface area (Å²) in [5, 5.41) is 2.21. The lowest BCUT2D eigenvalue weighted by Crippen LogP contribution is -2.49. The standard InChI is InChI=1S/C20H23Cl2N3O3S2/c21-16-2-1-3-17(22)20(16)30(27,28)23-12-19(26)24-8-4-15(5-9-24)25-10-6-18-14(13-25)7-11-29-18/h1-3,7,11,15,23H,4-6,8-10,12-13H2. The molecule has 1 amide bonds. The highest BCUT2D eigenvalue weighted by Crippen LogP contribution is 2.29. The fraction of sp³-hybridized carbons (Fsp3) is 0.450. The van der Waals surface area contributed by atoms with Gasteiger partial charge in [0.05, 0.1) is 16.6 Å². The molecule has 10 heteroatoms. The van der Waals surface area contributed by atoms with E-state index in [0.717, 1.165) is 32.4 Å². The Kier molecular flexibility index (Phi) is 6.72. The predicted octanol–water partition coefficient (Wildman–Crippen LogP) is 3.38. The van der Waals surface area contributed by atoms with Crippen LogP contribution in [0.2, 0.25) is 10.0 Å². The number of benzene rings is 1. The molecule has 0 saturated carbocycles. The van der Waals surface area contributed by atoms with Crippen LogP contribution in [0.3, 0.4) is 0 Å². The SMILES string of the molecule is O=C(CNS(=O)(=O)c1c(Cl)cccc1Cl)N1CCC(N2CCc3sccc3C2)CC1. The van der Waals surface area contributed by atoms with E-state index in [0.29, 0.717) is 19.1 Å². The van der Waals surface area contributed by atoms with E-state index in [-0.39, 0.29) is 27.4 Å². The number of carbonyl (C=O) groups excluding carboxylic acids is 1. The summed E-state index contributed by atoms with van der Waals surface area (Å²) >= 11 is 13.8. The number of hydrogen-bond donors (Lipinski definition) is 1. The molecule has 1 N–H and O–H groups in total. The Labute approximate surface area is 190 Å². The number of amides is 1. The monoisotopic (exact) mass is 487 g/mol. The van der Waals surface area contributed by atoms with E-state index in [1.807, 2.05) is 11.3 Å². The van der Waals surface area contributed by atoms with Crippen LogP contribution >= 0.6 is 34.5 Å². The first-order valence-corrected chi connectivity index (χ1v) is 13.0. The molecule has 0 spiro atoms. The minimum absolute atomic E-state index is 0.0265. The van der Waals surface area contributed by atoms with Gasteiger partial charge in [-0.05, 0) is 48.4 Å². The van der Waals surface area contributed by atoms with E-state index in [2.05, 4.69) is 21.1 Å². The molecule has 30 heavy (non-hydrogen) atoms. The van der Waals surface area contributed by atoms with Crippen LogP contribution in [-0.2, 0) is 27.8 Å². The average molecular weight is 488 g/mol. The van der Waals surface area contributed by atoms with Gasteiger partial charge < -0.3 is 4.90 Å². The predicted molar refractivity (Wildman–Crippen MR) is 120 cm³/mol. The van der Waals surface area contributed by atoms with Crippen molar-refractivity contribution in [2.75, 3.05) is 26.2 Å². The molecule has 4 rings (SSSR count). The van der Waals surface area contributed by atoms with Crippen LogP contribution in [-0.4, -0.2) is 56.3 Å². The molecule has 6 nitrogen and oxygen atoms in total. The lowest BCUT2D eigenvalue weighted by molar-refractivity contribution is -0.131. The zero-order chi connectivity index (χ0) is 21.3. The number of fused-ring (bicyclic) bond motifs is 1. The fourth-order valence-electron chi connectivity index (χ4n) is 4.14. The van der Waals surface area contributed by atoms with Gasteiger partial charge in [-0.3, -0.25) is 9.69 Å². The van der Waals surface area contributed by atoms with Crippen LogP contribution in [0.5, 0.6) is 0 Å². The second kappa shape index (κ2) is 9.14. The Bertz CT molecular complexity index is 1010. The summed E-state index contributed by atoms with van der Waals surface area (Å²) in [6.07, 6.45) is 2.89. The van der Waals surface area contributed by atoms with Crippen molar-refractivity contribution < 1.29 is 13.2 Å². The lowest BCUT2D eigenvalue weighted by Gasteiger charge is -2.40. The van der Waals surface area contributed by atoms with Crippen LogP contribution < -0.4 is 4.72 Å². The molecule has 0 aliphatic carbocycles. The molecule has 1 fully saturated rings. The summed E-state index contributed by atoms with van der Waals surface area (Å²) in [5.41, 5.74) is 1.43. The number of piperidine rings is 1. The zero-order valence-corrected chi connectivity index (χ0v) is 19.5.